The van der Waals surface area contributed by atoms with Crippen LogP contribution in [-0.4, -0.2) is 24.0 Å². The first-order chi connectivity index (χ1) is 13.7. The Balaban J connectivity index is 1.63. The molecule has 0 unspecified atom stereocenters. The second kappa shape index (κ2) is 9.23. The number of carbonyl (C=O) groups is 2. The van der Waals surface area contributed by atoms with Gasteiger partial charge in [0.15, 0.2) is 5.75 Å². The van der Waals surface area contributed by atoms with Crippen molar-refractivity contribution in [2.75, 3.05) is 17.2 Å². The van der Waals surface area contributed by atoms with Gasteiger partial charge in [-0.25, -0.2) is 0 Å². The third-order valence-corrected chi connectivity index (χ3v) is 4.09. The minimum atomic E-state index is -0.492. The fraction of sp³-hybridized carbons (Fsp3) is 0.0909. The number of phenols is 1. The van der Waals surface area contributed by atoms with Crippen molar-refractivity contribution in [3.63, 3.8) is 0 Å². The fourth-order valence-corrected chi connectivity index (χ4v) is 2.70. The minimum Gasteiger partial charge on any atom is -0.505 e. The van der Waals surface area contributed by atoms with E-state index in [1.54, 1.807) is 24.3 Å². The van der Waals surface area contributed by atoms with Crippen molar-refractivity contribution in [1.29, 1.82) is 0 Å². The van der Waals surface area contributed by atoms with E-state index < -0.39 is 5.91 Å². The van der Waals surface area contributed by atoms with Gasteiger partial charge in [0, 0.05) is 18.2 Å². The molecular weight excluding hydrogens is 356 g/mol. The molecule has 0 radical (unpaired) electrons. The first-order valence-corrected chi connectivity index (χ1v) is 8.77. The molecule has 28 heavy (non-hydrogen) atoms. The van der Waals surface area contributed by atoms with Gasteiger partial charge in [0.05, 0.1) is 17.9 Å². The summed E-state index contributed by atoms with van der Waals surface area (Å²) in [6.45, 7) is 0.515. The Kier molecular flexibility index (Phi) is 6.25. The molecule has 0 aromatic heterocycles. The van der Waals surface area contributed by atoms with E-state index >= 15 is 0 Å². The molecule has 3 rings (SSSR count). The monoisotopic (exact) mass is 376 g/mol. The molecule has 0 aliphatic rings. The molecule has 3 aromatic rings. The van der Waals surface area contributed by atoms with E-state index in [1.165, 1.54) is 17.7 Å². The molecule has 0 saturated heterocycles. The summed E-state index contributed by atoms with van der Waals surface area (Å²) >= 11 is 0. The van der Waals surface area contributed by atoms with Gasteiger partial charge >= 0.3 is 0 Å². The van der Waals surface area contributed by atoms with Crippen molar-refractivity contribution in [1.82, 2.24) is 0 Å². The van der Waals surface area contributed by atoms with Crippen LogP contribution in [0.4, 0.5) is 11.4 Å². The second-order valence-corrected chi connectivity index (χ2v) is 6.03. The Bertz CT molecular complexity index is 958. The Morgan fingerprint density at radius 1 is 1.00 bits per heavy atom. The predicted molar refractivity (Wildman–Crippen MR) is 108 cm³/mol. The van der Waals surface area contributed by atoms with Crippen LogP contribution in [0.3, 0.4) is 0 Å². The summed E-state index contributed by atoms with van der Waals surface area (Å²) < 4.78 is 5.76. The molecule has 3 N–H and O–H groups in total. The number of anilines is 2. The summed E-state index contributed by atoms with van der Waals surface area (Å²) in [5.74, 6) is -0.148. The van der Waals surface area contributed by atoms with Crippen LogP contribution in [-0.2, 0) is 11.2 Å². The van der Waals surface area contributed by atoms with Gasteiger partial charge in [-0.05, 0) is 29.8 Å². The van der Waals surface area contributed by atoms with Gasteiger partial charge in [0.2, 0.25) is 6.41 Å². The maximum absolute atomic E-state index is 12.5. The van der Waals surface area contributed by atoms with Gasteiger partial charge in [-0.1, -0.05) is 42.5 Å². The highest BCUT2D eigenvalue weighted by molar-refractivity contribution is 6.07. The first kappa shape index (κ1) is 19.0. The van der Waals surface area contributed by atoms with Gasteiger partial charge in [0.1, 0.15) is 5.75 Å². The van der Waals surface area contributed by atoms with Crippen LogP contribution in [0.15, 0.2) is 72.8 Å². The average Bonchev–Trinajstić information content (AvgIpc) is 2.71. The van der Waals surface area contributed by atoms with Crippen LogP contribution in [0.25, 0.3) is 0 Å². The van der Waals surface area contributed by atoms with Crippen LogP contribution < -0.4 is 15.4 Å². The van der Waals surface area contributed by atoms with E-state index in [2.05, 4.69) is 10.6 Å². The van der Waals surface area contributed by atoms with Crippen LogP contribution >= 0.6 is 0 Å². The number of para-hydroxylation sites is 1. The molecule has 6 heteroatoms. The van der Waals surface area contributed by atoms with Crippen LogP contribution in [0, 0.1) is 0 Å². The van der Waals surface area contributed by atoms with Crippen LogP contribution in [0.2, 0.25) is 0 Å². The number of rotatable bonds is 8. The Morgan fingerprint density at radius 2 is 1.79 bits per heavy atom. The van der Waals surface area contributed by atoms with Crippen molar-refractivity contribution in [2.45, 2.75) is 6.42 Å². The molecule has 0 saturated carbocycles. The number of hydrogen-bond donors (Lipinski definition) is 3. The lowest BCUT2D eigenvalue weighted by molar-refractivity contribution is -0.105. The number of ether oxygens (including phenoxy) is 1. The zero-order chi connectivity index (χ0) is 19.8. The molecule has 0 bridgehead atoms. The highest BCUT2D eigenvalue weighted by Crippen LogP contribution is 2.28. The zero-order valence-corrected chi connectivity index (χ0v) is 15.1. The molecule has 0 aliphatic heterocycles. The van der Waals surface area contributed by atoms with E-state index in [-0.39, 0.29) is 17.0 Å². The molecular formula is C22H20N2O4. The molecule has 0 fully saturated rings. The normalized spacial score (nSPS) is 10.1. The molecule has 0 atom stereocenters. The smallest absolute Gasteiger partial charge is 0.259 e. The molecule has 142 valence electrons. The number of carbonyl (C=O) groups excluding carboxylic acids is 2. The lowest BCUT2D eigenvalue weighted by Crippen LogP contribution is -2.13. The van der Waals surface area contributed by atoms with Crippen LogP contribution in [0.5, 0.6) is 11.5 Å². The van der Waals surface area contributed by atoms with Gasteiger partial charge < -0.3 is 20.5 Å². The van der Waals surface area contributed by atoms with E-state index in [1.807, 2.05) is 36.4 Å². The maximum atomic E-state index is 12.5. The van der Waals surface area contributed by atoms with E-state index in [4.69, 9.17) is 4.74 Å². The Labute approximate surface area is 162 Å². The van der Waals surface area contributed by atoms with Gasteiger partial charge in [-0.15, -0.1) is 0 Å². The highest BCUT2D eigenvalue weighted by Gasteiger charge is 2.14. The number of nitrogens with one attached hydrogen (secondary N) is 2. The SMILES string of the molecule is O=CNc1cccc(C(=O)Nc2cccc(OCCc3ccccc3)c2)c1O. The number of benzene rings is 3. The summed E-state index contributed by atoms with van der Waals surface area (Å²) in [6, 6.07) is 21.6. The lowest BCUT2D eigenvalue weighted by atomic mass is 10.1. The summed E-state index contributed by atoms with van der Waals surface area (Å²) in [5, 5.41) is 15.2. The van der Waals surface area contributed by atoms with E-state index in [0.29, 0.717) is 24.5 Å². The summed E-state index contributed by atoms with van der Waals surface area (Å²) in [5.41, 5.74) is 1.95. The molecule has 0 aliphatic carbocycles. The fourth-order valence-electron chi connectivity index (χ4n) is 2.70. The summed E-state index contributed by atoms with van der Waals surface area (Å²) in [4.78, 5) is 23.1. The van der Waals surface area contributed by atoms with Gasteiger partial charge in [-0.2, -0.15) is 0 Å². The standard InChI is InChI=1S/C22H20N2O4/c25-15-23-20-11-5-10-19(21(20)26)22(27)24-17-8-4-9-18(14-17)28-13-12-16-6-2-1-3-7-16/h1-11,14-15,26H,12-13H2,(H,23,25)(H,24,27). The van der Waals surface area contributed by atoms with Crippen molar-refractivity contribution >= 4 is 23.7 Å². The average molecular weight is 376 g/mol. The predicted octanol–water partition coefficient (Wildman–Crippen LogP) is 3.83. The van der Waals surface area contributed by atoms with Crippen molar-refractivity contribution in [3.8, 4) is 11.5 Å². The quantitative estimate of drug-likeness (QED) is 0.412. The number of hydrogen-bond acceptors (Lipinski definition) is 4. The lowest BCUT2D eigenvalue weighted by Gasteiger charge is -2.11. The number of amides is 2. The minimum absolute atomic E-state index is 0.0576. The van der Waals surface area contributed by atoms with Gasteiger partial charge in [0.25, 0.3) is 5.91 Å². The van der Waals surface area contributed by atoms with Crippen LogP contribution in [0.1, 0.15) is 15.9 Å². The summed E-state index contributed by atoms with van der Waals surface area (Å²) in [7, 11) is 0. The van der Waals surface area contributed by atoms with Crippen molar-refractivity contribution in [3.05, 3.63) is 83.9 Å². The molecule has 6 nitrogen and oxygen atoms in total. The third kappa shape index (κ3) is 4.88. The Hall–Kier alpha value is -3.80. The largest absolute Gasteiger partial charge is 0.505 e. The van der Waals surface area contributed by atoms with E-state index in [0.717, 1.165) is 6.42 Å². The molecule has 2 amide bonds. The van der Waals surface area contributed by atoms with Gasteiger partial charge in [-0.3, -0.25) is 9.59 Å². The summed E-state index contributed by atoms with van der Waals surface area (Å²) in [6.07, 6.45) is 1.22. The molecule has 0 spiro atoms. The van der Waals surface area contributed by atoms with E-state index in [9.17, 15) is 14.7 Å². The topological polar surface area (TPSA) is 87.7 Å². The Morgan fingerprint density at radius 3 is 2.57 bits per heavy atom. The maximum Gasteiger partial charge on any atom is 0.259 e. The molecule has 3 aromatic carbocycles. The number of aromatic hydroxyl groups is 1. The number of phenolic OH excluding ortho intramolecular Hbond substituents is 1. The third-order valence-electron chi connectivity index (χ3n) is 4.09. The zero-order valence-electron chi connectivity index (χ0n) is 15.1. The van der Waals surface area contributed by atoms with Crippen molar-refractivity contribution < 1.29 is 19.4 Å². The van der Waals surface area contributed by atoms with Crippen molar-refractivity contribution in [2.24, 2.45) is 0 Å². The highest BCUT2D eigenvalue weighted by atomic mass is 16.5. The first-order valence-electron chi connectivity index (χ1n) is 8.77. The molecule has 0 heterocycles. The second-order valence-electron chi connectivity index (χ2n) is 6.03.